The fraction of sp³-hybridized carbons (Fsp3) is 0.500. The number of amides is 1. The number of nitrogens with one attached hydrogen (secondary N) is 1. The van der Waals surface area contributed by atoms with E-state index in [1.807, 2.05) is 6.92 Å². The predicted octanol–water partition coefficient (Wildman–Crippen LogP) is 2.73. The summed E-state index contributed by atoms with van der Waals surface area (Å²) in [5.74, 6) is -0.0274. The van der Waals surface area contributed by atoms with Crippen molar-refractivity contribution in [1.82, 2.24) is 4.90 Å². The summed E-state index contributed by atoms with van der Waals surface area (Å²) in [7, 11) is 0. The number of carbonyl (C=O) groups is 1. The molecule has 2 atom stereocenters. The van der Waals surface area contributed by atoms with E-state index in [9.17, 15) is 4.79 Å². The van der Waals surface area contributed by atoms with Crippen LogP contribution in [-0.2, 0) is 4.79 Å². The molecule has 0 aliphatic carbocycles. The molecule has 5 heteroatoms. The number of nitrogen functional groups attached to an aromatic ring is 1. The number of nitrogens with zero attached hydrogens (tertiary/aromatic N) is 1. The lowest BCUT2D eigenvalue weighted by Crippen LogP contribution is -2.43. The van der Waals surface area contributed by atoms with E-state index in [4.69, 9.17) is 17.3 Å². The average molecular weight is 282 g/mol. The van der Waals surface area contributed by atoms with Crippen LogP contribution in [0.1, 0.15) is 26.7 Å². The van der Waals surface area contributed by atoms with Crippen LogP contribution in [0.15, 0.2) is 18.2 Å². The molecular formula is C14H20ClN3O. The van der Waals surface area contributed by atoms with Crippen LogP contribution in [0, 0.1) is 0 Å². The first-order valence-corrected chi connectivity index (χ1v) is 6.98. The standard InChI is InChI=1S/C14H20ClN3O/c1-9-4-3-7-18(9)10(2)14(19)17-13-6-5-11(16)8-12(13)15/h5-6,8-10H,3-4,7,16H2,1-2H3,(H,17,19). The Kier molecular flexibility index (Phi) is 4.32. The van der Waals surface area contributed by atoms with Crippen molar-refractivity contribution in [3.05, 3.63) is 23.2 Å². The summed E-state index contributed by atoms with van der Waals surface area (Å²) in [6, 6.07) is 5.41. The molecule has 19 heavy (non-hydrogen) atoms. The molecule has 0 bridgehead atoms. The van der Waals surface area contributed by atoms with Gasteiger partial charge in [-0.15, -0.1) is 0 Å². The van der Waals surface area contributed by atoms with Crippen LogP contribution in [0.25, 0.3) is 0 Å². The molecule has 1 aliphatic heterocycles. The Balaban J connectivity index is 2.04. The summed E-state index contributed by atoms with van der Waals surface area (Å²) in [6.45, 7) is 5.07. The zero-order valence-electron chi connectivity index (χ0n) is 11.3. The van der Waals surface area contributed by atoms with E-state index >= 15 is 0 Å². The van der Waals surface area contributed by atoms with Gasteiger partial charge in [-0.05, 0) is 51.4 Å². The van der Waals surface area contributed by atoms with Gasteiger partial charge in [-0.2, -0.15) is 0 Å². The topological polar surface area (TPSA) is 58.4 Å². The number of hydrogen-bond acceptors (Lipinski definition) is 3. The number of nitrogens with two attached hydrogens (primary N) is 1. The molecule has 0 radical (unpaired) electrons. The third kappa shape index (κ3) is 3.19. The van der Waals surface area contributed by atoms with Crippen molar-refractivity contribution in [1.29, 1.82) is 0 Å². The molecule has 1 aromatic rings. The van der Waals surface area contributed by atoms with Gasteiger partial charge in [0.25, 0.3) is 0 Å². The van der Waals surface area contributed by atoms with Crippen LogP contribution >= 0.6 is 11.6 Å². The van der Waals surface area contributed by atoms with Crippen LogP contribution in [0.2, 0.25) is 5.02 Å². The lowest BCUT2D eigenvalue weighted by atomic mass is 10.2. The number of likely N-dealkylation sites (tertiary alicyclic amines) is 1. The molecule has 0 spiro atoms. The highest BCUT2D eigenvalue weighted by Gasteiger charge is 2.29. The SMILES string of the molecule is CC1CCCN1C(C)C(=O)Nc1ccc(N)cc1Cl. The van der Waals surface area contributed by atoms with Crippen LogP contribution < -0.4 is 11.1 Å². The lowest BCUT2D eigenvalue weighted by molar-refractivity contribution is -0.121. The van der Waals surface area contributed by atoms with Crippen molar-refractivity contribution in [2.24, 2.45) is 0 Å². The monoisotopic (exact) mass is 281 g/mol. The van der Waals surface area contributed by atoms with Gasteiger partial charge >= 0.3 is 0 Å². The second kappa shape index (κ2) is 5.80. The highest BCUT2D eigenvalue weighted by molar-refractivity contribution is 6.34. The lowest BCUT2D eigenvalue weighted by Gasteiger charge is -2.27. The van der Waals surface area contributed by atoms with Gasteiger partial charge in [-0.3, -0.25) is 9.69 Å². The maximum atomic E-state index is 12.2. The van der Waals surface area contributed by atoms with Gasteiger partial charge in [-0.1, -0.05) is 11.6 Å². The average Bonchev–Trinajstić information content (AvgIpc) is 2.78. The van der Waals surface area contributed by atoms with Gasteiger partial charge in [0.15, 0.2) is 0 Å². The zero-order valence-corrected chi connectivity index (χ0v) is 12.1. The van der Waals surface area contributed by atoms with Crippen LogP contribution in [-0.4, -0.2) is 29.4 Å². The van der Waals surface area contributed by atoms with Gasteiger partial charge in [-0.25, -0.2) is 0 Å². The molecule has 1 saturated heterocycles. The summed E-state index contributed by atoms with van der Waals surface area (Å²) in [5.41, 5.74) is 6.83. The molecule has 1 aromatic carbocycles. The van der Waals surface area contributed by atoms with E-state index in [1.54, 1.807) is 18.2 Å². The van der Waals surface area contributed by atoms with Crippen molar-refractivity contribution in [2.75, 3.05) is 17.6 Å². The Morgan fingerprint density at radius 3 is 2.89 bits per heavy atom. The minimum absolute atomic E-state index is 0.0274. The van der Waals surface area contributed by atoms with Crippen molar-refractivity contribution >= 4 is 28.9 Å². The molecule has 1 amide bonds. The number of carbonyl (C=O) groups excluding carboxylic acids is 1. The van der Waals surface area contributed by atoms with Gasteiger partial charge in [0.2, 0.25) is 5.91 Å². The fourth-order valence-electron chi connectivity index (χ4n) is 2.55. The molecular weight excluding hydrogens is 262 g/mol. The first-order chi connectivity index (χ1) is 8.99. The minimum Gasteiger partial charge on any atom is -0.399 e. The van der Waals surface area contributed by atoms with E-state index in [-0.39, 0.29) is 11.9 Å². The summed E-state index contributed by atoms with van der Waals surface area (Å²) in [6.07, 6.45) is 2.31. The normalized spacial score (nSPS) is 21.3. The van der Waals surface area contributed by atoms with Gasteiger partial charge < -0.3 is 11.1 Å². The Morgan fingerprint density at radius 2 is 2.32 bits per heavy atom. The van der Waals surface area contributed by atoms with Crippen molar-refractivity contribution in [2.45, 2.75) is 38.8 Å². The first-order valence-electron chi connectivity index (χ1n) is 6.60. The van der Waals surface area contributed by atoms with Gasteiger partial charge in [0, 0.05) is 11.7 Å². The summed E-state index contributed by atoms with van der Waals surface area (Å²) in [4.78, 5) is 14.5. The highest BCUT2D eigenvalue weighted by atomic mass is 35.5. The van der Waals surface area contributed by atoms with Crippen LogP contribution in [0.4, 0.5) is 11.4 Å². The summed E-state index contributed by atoms with van der Waals surface area (Å²) in [5, 5.41) is 3.33. The number of hydrogen-bond donors (Lipinski definition) is 2. The van der Waals surface area contributed by atoms with Gasteiger partial charge in [0.1, 0.15) is 0 Å². The smallest absolute Gasteiger partial charge is 0.241 e. The molecule has 1 fully saturated rings. The van der Waals surface area contributed by atoms with E-state index < -0.39 is 0 Å². The summed E-state index contributed by atoms with van der Waals surface area (Å²) >= 11 is 6.06. The number of anilines is 2. The molecule has 3 N–H and O–H groups in total. The summed E-state index contributed by atoms with van der Waals surface area (Å²) < 4.78 is 0. The number of rotatable bonds is 3. The maximum Gasteiger partial charge on any atom is 0.241 e. The number of halogens is 1. The van der Waals surface area contributed by atoms with E-state index in [0.717, 1.165) is 19.4 Å². The molecule has 1 heterocycles. The molecule has 0 saturated carbocycles. The molecule has 1 aliphatic rings. The molecule has 4 nitrogen and oxygen atoms in total. The largest absolute Gasteiger partial charge is 0.399 e. The van der Waals surface area contributed by atoms with Crippen molar-refractivity contribution in [3.8, 4) is 0 Å². The first kappa shape index (κ1) is 14.2. The van der Waals surface area contributed by atoms with E-state index in [2.05, 4.69) is 17.1 Å². The Bertz CT molecular complexity index is 478. The van der Waals surface area contributed by atoms with E-state index in [0.29, 0.717) is 22.4 Å². The molecule has 2 rings (SSSR count). The second-order valence-corrected chi connectivity index (χ2v) is 5.54. The molecule has 0 aromatic heterocycles. The van der Waals surface area contributed by atoms with E-state index in [1.165, 1.54) is 0 Å². The molecule has 2 unspecified atom stereocenters. The Labute approximate surface area is 118 Å². The van der Waals surface area contributed by atoms with Crippen LogP contribution in [0.5, 0.6) is 0 Å². The van der Waals surface area contributed by atoms with Crippen molar-refractivity contribution in [3.63, 3.8) is 0 Å². The zero-order chi connectivity index (χ0) is 14.0. The maximum absolute atomic E-state index is 12.2. The fourth-order valence-corrected chi connectivity index (χ4v) is 2.79. The minimum atomic E-state index is -0.147. The number of benzene rings is 1. The van der Waals surface area contributed by atoms with Gasteiger partial charge in [0.05, 0.1) is 16.8 Å². The Hall–Kier alpha value is -1.26. The third-order valence-electron chi connectivity index (χ3n) is 3.73. The Morgan fingerprint density at radius 1 is 1.58 bits per heavy atom. The van der Waals surface area contributed by atoms with Crippen LogP contribution in [0.3, 0.4) is 0 Å². The second-order valence-electron chi connectivity index (χ2n) is 5.13. The highest BCUT2D eigenvalue weighted by Crippen LogP contribution is 2.25. The predicted molar refractivity (Wildman–Crippen MR) is 79.4 cm³/mol. The molecule has 104 valence electrons. The quantitative estimate of drug-likeness (QED) is 0.838. The third-order valence-corrected chi connectivity index (χ3v) is 4.04. The van der Waals surface area contributed by atoms with Crippen molar-refractivity contribution < 1.29 is 4.79 Å².